The van der Waals surface area contributed by atoms with Gasteiger partial charge in [0.25, 0.3) is 0 Å². The average Bonchev–Trinajstić information content (AvgIpc) is 3.56. The number of nitrogens with zero attached hydrogens (tertiary/aromatic N) is 7. The van der Waals surface area contributed by atoms with Crippen molar-refractivity contribution >= 4 is 35.0 Å². The SMILES string of the molecule is CCC[C@@H](CCCNc1ncc(C#N)c(-c2cccc(NC(C)=O)c2)n1)N(C(=O)NCc1ccccc1)C1=NC=C(c2cnn(C)c2)CC1. The lowest BCUT2D eigenvalue weighted by molar-refractivity contribution is -0.114. The molecule has 0 radical (unpaired) electrons. The number of nitriles is 1. The normalized spacial score (nSPS) is 13.0. The number of anilines is 2. The van der Waals surface area contributed by atoms with Crippen LogP contribution >= 0.6 is 0 Å². The molecule has 0 saturated heterocycles. The number of benzene rings is 2. The highest BCUT2D eigenvalue weighted by Gasteiger charge is 2.29. The molecule has 5 rings (SSSR count). The molecule has 2 aromatic carbocycles. The predicted octanol–water partition coefficient (Wildman–Crippen LogP) is 6.51. The van der Waals surface area contributed by atoms with E-state index in [1.54, 1.807) is 22.9 Å². The minimum atomic E-state index is -0.183. The molecule has 0 saturated carbocycles. The summed E-state index contributed by atoms with van der Waals surface area (Å²) in [6.07, 6.45) is 11.8. The van der Waals surface area contributed by atoms with E-state index in [4.69, 9.17) is 4.99 Å². The van der Waals surface area contributed by atoms with E-state index in [-0.39, 0.29) is 18.0 Å². The maximum atomic E-state index is 13.9. The molecule has 1 aliphatic rings. The summed E-state index contributed by atoms with van der Waals surface area (Å²) in [6.45, 7) is 4.56. The number of hydrogen-bond acceptors (Lipinski definition) is 8. The molecule has 1 aliphatic heterocycles. The Balaban J connectivity index is 1.30. The quantitative estimate of drug-likeness (QED) is 0.138. The second-order valence-electron chi connectivity index (χ2n) is 12.0. The third-order valence-corrected chi connectivity index (χ3v) is 8.20. The zero-order chi connectivity index (χ0) is 34.6. The molecule has 49 heavy (non-hydrogen) atoms. The number of carbonyl (C=O) groups excluding carboxylic acids is 2. The number of allylic oxidation sites excluding steroid dienone is 1. The maximum Gasteiger partial charge on any atom is 0.323 e. The van der Waals surface area contributed by atoms with Gasteiger partial charge in [-0.1, -0.05) is 55.8 Å². The van der Waals surface area contributed by atoms with Crippen molar-refractivity contribution in [2.24, 2.45) is 12.0 Å². The van der Waals surface area contributed by atoms with Crippen LogP contribution in [0.25, 0.3) is 16.8 Å². The predicted molar refractivity (Wildman–Crippen MR) is 191 cm³/mol. The van der Waals surface area contributed by atoms with Gasteiger partial charge in [0.2, 0.25) is 11.9 Å². The first-order valence-corrected chi connectivity index (χ1v) is 16.6. The monoisotopic (exact) mass is 658 g/mol. The molecule has 12 nitrogen and oxygen atoms in total. The summed E-state index contributed by atoms with van der Waals surface area (Å²) >= 11 is 0. The van der Waals surface area contributed by atoms with E-state index < -0.39 is 0 Å². The average molecular weight is 659 g/mol. The number of aliphatic imine (C=N–C) groups is 1. The molecule has 3 amide bonds. The number of rotatable bonds is 13. The topological polar surface area (TPSA) is 153 Å². The standard InChI is InChI=1S/C37H42N10O2/c1-4-10-33(15-9-18-39-36-41-23-30(20-38)35(45-36)28-13-8-14-32(19-28)44-26(2)48)47(37(49)42-21-27-11-6-5-7-12-27)34-17-16-29(22-40-34)31-24-43-46(3)25-31/h5-8,11-14,19,22-25,33H,4,9-10,15-18,21H2,1-3H3,(H,42,49)(H,44,48)(H,39,41,45)/t33-/m0/s1. The van der Waals surface area contributed by atoms with Crippen LogP contribution in [-0.4, -0.2) is 55.0 Å². The molecule has 3 heterocycles. The van der Waals surface area contributed by atoms with Crippen molar-refractivity contribution in [1.82, 2.24) is 30.0 Å². The van der Waals surface area contributed by atoms with Crippen molar-refractivity contribution in [3.8, 4) is 17.3 Å². The molecule has 0 bridgehead atoms. The minimum Gasteiger partial charge on any atom is -0.354 e. The fourth-order valence-corrected chi connectivity index (χ4v) is 5.86. The summed E-state index contributed by atoms with van der Waals surface area (Å²) in [7, 11) is 1.89. The Kier molecular flexibility index (Phi) is 11.9. The number of nitrogens with one attached hydrogen (secondary N) is 3. The molecule has 1 atom stereocenters. The lowest BCUT2D eigenvalue weighted by atomic mass is 10.00. The Bertz CT molecular complexity index is 1860. The zero-order valence-corrected chi connectivity index (χ0v) is 28.2. The number of aromatic nitrogens is 4. The number of amidine groups is 1. The highest BCUT2D eigenvalue weighted by molar-refractivity contribution is 6.00. The van der Waals surface area contributed by atoms with Crippen LogP contribution in [-0.2, 0) is 18.4 Å². The zero-order valence-electron chi connectivity index (χ0n) is 28.2. The number of hydrogen-bond donors (Lipinski definition) is 3. The highest BCUT2D eigenvalue weighted by atomic mass is 16.2. The van der Waals surface area contributed by atoms with Crippen LogP contribution in [0, 0.1) is 11.3 Å². The number of carbonyl (C=O) groups is 2. The van der Waals surface area contributed by atoms with Crippen LogP contribution < -0.4 is 16.0 Å². The lowest BCUT2D eigenvalue weighted by Crippen LogP contribution is -2.49. The minimum absolute atomic E-state index is 0.0661. The van der Waals surface area contributed by atoms with Gasteiger partial charge in [0.05, 0.1) is 23.7 Å². The second kappa shape index (κ2) is 16.8. The molecule has 12 heteroatoms. The van der Waals surface area contributed by atoms with Crippen molar-refractivity contribution in [3.63, 3.8) is 0 Å². The van der Waals surface area contributed by atoms with Crippen LogP contribution in [0.4, 0.5) is 16.4 Å². The van der Waals surface area contributed by atoms with Gasteiger partial charge in [0.15, 0.2) is 0 Å². The second-order valence-corrected chi connectivity index (χ2v) is 12.0. The van der Waals surface area contributed by atoms with Crippen molar-refractivity contribution in [3.05, 3.63) is 96.1 Å². The third-order valence-electron chi connectivity index (χ3n) is 8.20. The van der Waals surface area contributed by atoms with Gasteiger partial charge in [-0.25, -0.2) is 19.8 Å². The van der Waals surface area contributed by atoms with Crippen molar-refractivity contribution < 1.29 is 9.59 Å². The molecule has 0 unspecified atom stereocenters. The van der Waals surface area contributed by atoms with E-state index in [9.17, 15) is 14.9 Å². The smallest absolute Gasteiger partial charge is 0.323 e. The van der Waals surface area contributed by atoms with E-state index in [0.29, 0.717) is 48.0 Å². The first-order valence-electron chi connectivity index (χ1n) is 16.6. The Morgan fingerprint density at radius 2 is 1.90 bits per heavy atom. The van der Waals surface area contributed by atoms with E-state index in [1.807, 2.05) is 66.9 Å². The summed E-state index contributed by atoms with van der Waals surface area (Å²) in [5, 5.41) is 23.2. The fraction of sp³-hybridized carbons (Fsp3) is 0.324. The molecule has 4 aromatic rings. The molecule has 0 fully saturated rings. The molecule has 0 aliphatic carbocycles. The lowest BCUT2D eigenvalue weighted by Gasteiger charge is -2.34. The fourth-order valence-electron chi connectivity index (χ4n) is 5.86. The van der Waals surface area contributed by atoms with Crippen LogP contribution in [0.3, 0.4) is 0 Å². The van der Waals surface area contributed by atoms with Gasteiger partial charge in [-0.05, 0) is 49.0 Å². The van der Waals surface area contributed by atoms with Crippen molar-refractivity contribution in [2.75, 3.05) is 17.2 Å². The summed E-state index contributed by atoms with van der Waals surface area (Å²) in [5.41, 5.74) is 5.29. The van der Waals surface area contributed by atoms with Crippen LogP contribution in [0.5, 0.6) is 0 Å². The highest BCUT2D eigenvalue weighted by Crippen LogP contribution is 2.27. The first kappa shape index (κ1) is 34.5. The van der Waals surface area contributed by atoms with E-state index in [1.165, 1.54) is 13.1 Å². The van der Waals surface area contributed by atoms with Gasteiger partial charge in [0, 0.05) is 68.7 Å². The molecule has 2 aromatic heterocycles. The van der Waals surface area contributed by atoms with Gasteiger partial charge in [-0.2, -0.15) is 10.4 Å². The third kappa shape index (κ3) is 9.38. The van der Waals surface area contributed by atoms with Gasteiger partial charge in [0.1, 0.15) is 11.9 Å². The van der Waals surface area contributed by atoms with Crippen LogP contribution in [0.2, 0.25) is 0 Å². The Hall–Kier alpha value is -5.83. The Morgan fingerprint density at radius 3 is 2.59 bits per heavy atom. The van der Waals surface area contributed by atoms with Gasteiger partial charge >= 0.3 is 6.03 Å². The molecular weight excluding hydrogens is 616 g/mol. The summed E-state index contributed by atoms with van der Waals surface area (Å²) in [6, 6.07) is 19.0. The van der Waals surface area contributed by atoms with Crippen LogP contribution in [0.1, 0.15) is 69.1 Å². The van der Waals surface area contributed by atoms with Gasteiger partial charge < -0.3 is 16.0 Å². The van der Waals surface area contributed by atoms with Gasteiger partial charge in [-0.3, -0.25) is 14.4 Å². The molecule has 252 valence electrons. The Labute approximate surface area is 287 Å². The summed E-state index contributed by atoms with van der Waals surface area (Å²) < 4.78 is 1.78. The summed E-state index contributed by atoms with van der Waals surface area (Å²) in [5.74, 6) is 0.970. The maximum absolute atomic E-state index is 13.9. The number of aryl methyl sites for hydroxylation is 1. The van der Waals surface area contributed by atoms with E-state index >= 15 is 0 Å². The molecule has 3 N–H and O–H groups in total. The number of urea groups is 1. The van der Waals surface area contributed by atoms with E-state index in [2.05, 4.69) is 44.0 Å². The van der Waals surface area contributed by atoms with Gasteiger partial charge in [-0.15, -0.1) is 0 Å². The molecule has 0 spiro atoms. The van der Waals surface area contributed by atoms with E-state index in [0.717, 1.165) is 54.6 Å². The largest absolute Gasteiger partial charge is 0.354 e. The Morgan fingerprint density at radius 1 is 1.06 bits per heavy atom. The van der Waals surface area contributed by atoms with Crippen LogP contribution in [0.15, 0.2) is 84.4 Å². The molecular formula is C37H42N10O2. The van der Waals surface area contributed by atoms with Crippen molar-refractivity contribution in [2.45, 2.75) is 65.0 Å². The summed E-state index contributed by atoms with van der Waals surface area (Å²) in [4.78, 5) is 41.1. The first-order chi connectivity index (χ1) is 23.8. The number of amides is 3. The van der Waals surface area contributed by atoms with Crippen molar-refractivity contribution in [1.29, 1.82) is 5.26 Å².